The number of rotatable bonds is 5. The molecule has 2 aromatic carbocycles. The van der Waals surface area contributed by atoms with Crippen LogP contribution in [0.2, 0.25) is 0 Å². The van der Waals surface area contributed by atoms with Crippen LogP contribution in [0.25, 0.3) is 16.2 Å². The van der Waals surface area contributed by atoms with Gasteiger partial charge in [0.1, 0.15) is 5.82 Å². The van der Waals surface area contributed by atoms with Crippen molar-refractivity contribution in [2.45, 2.75) is 19.4 Å². The Labute approximate surface area is 160 Å². The van der Waals surface area contributed by atoms with Crippen molar-refractivity contribution in [3.63, 3.8) is 0 Å². The summed E-state index contributed by atoms with van der Waals surface area (Å²) in [5, 5.41) is 4.92. The Kier molecular flexibility index (Phi) is 4.73. The van der Waals surface area contributed by atoms with Crippen molar-refractivity contribution in [3.05, 3.63) is 83.2 Å². The molecule has 4 aromatic rings. The first kappa shape index (κ1) is 17.4. The quantitative estimate of drug-likeness (QED) is 0.550. The molecule has 0 spiro atoms. The summed E-state index contributed by atoms with van der Waals surface area (Å²) in [5.74, 6) is -0.367. The summed E-state index contributed by atoms with van der Waals surface area (Å²) in [6.07, 6.45) is 2.23. The Bertz CT molecular complexity index is 1070. The van der Waals surface area contributed by atoms with Gasteiger partial charge in [-0.05, 0) is 24.6 Å². The van der Waals surface area contributed by atoms with Gasteiger partial charge in [-0.25, -0.2) is 9.37 Å². The van der Waals surface area contributed by atoms with Gasteiger partial charge in [0.15, 0.2) is 4.96 Å². The fraction of sp³-hybridized carbons (Fsp3) is 0.143. The smallest absolute Gasteiger partial charge is 0.226 e. The van der Waals surface area contributed by atoms with Gasteiger partial charge < -0.3 is 5.32 Å². The number of nitrogens with one attached hydrogen (secondary N) is 1. The van der Waals surface area contributed by atoms with Crippen molar-refractivity contribution in [1.82, 2.24) is 14.7 Å². The van der Waals surface area contributed by atoms with E-state index in [1.54, 1.807) is 12.1 Å². The van der Waals surface area contributed by atoms with Gasteiger partial charge in [0.05, 0.1) is 18.2 Å². The molecule has 0 saturated heterocycles. The van der Waals surface area contributed by atoms with Crippen molar-refractivity contribution in [2.75, 3.05) is 0 Å². The summed E-state index contributed by atoms with van der Waals surface area (Å²) in [6.45, 7) is 1.89. The van der Waals surface area contributed by atoms with E-state index in [9.17, 15) is 9.18 Å². The number of carbonyl (C=O) groups is 1. The van der Waals surface area contributed by atoms with E-state index in [1.165, 1.54) is 23.5 Å². The van der Waals surface area contributed by atoms with Gasteiger partial charge in [0.25, 0.3) is 0 Å². The summed E-state index contributed by atoms with van der Waals surface area (Å²) in [4.78, 5) is 18.0. The Balaban J connectivity index is 1.49. The van der Waals surface area contributed by atoms with E-state index in [0.29, 0.717) is 0 Å². The third-order valence-electron chi connectivity index (χ3n) is 4.44. The number of nitrogens with zero attached hydrogens (tertiary/aromatic N) is 2. The molecule has 0 unspecified atom stereocenters. The van der Waals surface area contributed by atoms with Crippen LogP contribution in [-0.4, -0.2) is 15.3 Å². The number of carbonyl (C=O) groups excluding carboxylic acids is 1. The highest BCUT2D eigenvalue weighted by molar-refractivity contribution is 7.15. The molecule has 27 heavy (non-hydrogen) atoms. The molecule has 0 aliphatic carbocycles. The zero-order valence-corrected chi connectivity index (χ0v) is 15.5. The zero-order valence-electron chi connectivity index (χ0n) is 14.7. The molecule has 0 saturated carbocycles. The molecule has 1 atom stereocenters. The number of fused-ring (bicyclic) bond motifs is 1. The fourth-order valence-corrected chi connectivity index (χ4v) is 3.87. The van der Waals surface area contributed by atoms with Crippen LogP contribution in [0.4, 0.5) is 4.39 Å². The van der Waals surface area contributed by atoms with Crippen LogP contribution in [0, 0.1) is 5.82 Å². The normalized spacial score (nSPS) is 12.2. The number of hydrogen-bond donors (Lipinski definition) is 1. The summed E-state index contributed by atoms with van der Waals surface area (Å²) >= 11 is 1.52. The molecule has 0 fully saturated rings. The summed E-state index contributed by atoms with van der Waals surface area (Å²) in [5.41, 5.74) is 3.71. The van der Waals surface area contributed by atoms with Crippen LogP contribution in [0.15, 0.2) is 66.2 Å². The van der Waals surface area contributed by atoms with Crippen LogP contribution in [0.5, 0.6) is 0 Å². The van der Waals surface area contributed by atoms with Crippen LogP contribution in [0.3, 0.4) is 0 Å². The largest absolute Gasteiger partial charge is 0.349 e. The molecule has 6 heteroatoms. The fourth-order valence-electron chi connectivity index (χ4n) is 3.00. The van der Waals surface area contributed by atoms with Gasteiger partial charge in [0.2, 0.25) is 5.91 Å². The van der Waals surface area contributed by atoms with Crippen LogP contribution in [-0.2, 0) is 11.2 Å². The number of benzene rings is 2. The Morgan fingerprint density at radius 1 is 1.19 bits per heavy atom. The third kappa shape index (κ3) is 3.75. The van der Waals surface area contributed by atoms with Gasteiger partial charge in [-0.3, -0.25) is 9.20 Å². The lowest BCUT2D eigenvalue weighted by atomic mass is 10.1. The predicted octanol–water partition coefficient (Wildman–Crippen LogP) is 4.62. The molecule has 2 aromatic heterocycles. The van der Waals surface area contributed by atoms with E-state index in [4.69, 9.17) is 0 Å². The number of hydrogen-bond acceptors (Lipinski definition) is 3. The number of aromatic nitrogens is 2. The first-order chi connectivity index (χ1) is 13.1. The minimum absolute atomic E-state index is 0.0820. The minimum Gasteiger partial charge on any atom is -0.349 e. The van der Waals surface area contributed by atoms with E-state index >= 15 is 0 Å². The molecule has 2 heterocycles. The third-order valence-corrected chi connectivity index (χ3v) is 5.33. The lowest BCUT2D eigenvalue weighted by molar-refractivity contribution is -0.121. The number of halogens is 1. The lowest BCUT2D eigenvalue weighted by Gasteiger charge is -2.14. The molecular weight excluding hydrogens is 361 g/mol. The SMILES string of the molecule is C[C@H](NC(=O)Cc1csc2nc(-c3ccccc3)cn12)c1ccc(F)cc1. The molecule has 4 rings (SSSR count). The maximum Gasteiger partial charge on any atom is 0.226 e. The zero-order chi connectivity index (χ0) is 18.8. The molecule has 0 radical (unpaired) electrons. The molecule has 136 valence electrons. The monoisotopic (exact) mass is 379 g/mol. The molecular formula is C21H18FN3OS. The Morgan fingerprint density at radius 2 is 1.93 bits per heavy atom. The first-order valence-corrected chi connectivity index (χ1v) is 9.54. The second-order valence-electron chi connectivity index (χ2n) is 6.39. The van der Waals surface area contributed by atoms with Crippen LogP contribution < -0.4 is 5.32 Å². The molecule has 0 aliphatic heterocycles. The highest BCUT2D eigenvalue weighted by atomic mass is 32.1. The van der Waals surface area contributed by atoms with Gasteiger partial charge in [-0.1, -0.05) is 42.5 Å². The van der Waals surface area contributed by atoms with Gasteiger partial charge in [0, 0.05) is 22.8 Å². The van der Waals surface area contributed by atoms with Crippen molar-refractivity contribution < 1.29 is 9.18 Å². The molecule has 0 bridgehead atoms. The Hall–Kier alpha value is -2.99. The standard InChI is InChI=1S/C21H18FN3OS/c1-14(15-7-9-17(22)10-8-15)23-20(26)11-18-13-27-21-24-19(12-25(18)21)16-5-3-2-4-6-16/h2-10,12-14H,11H2,1H3,(H,23,26)/t14-/m0/s1. The molecule has 1 amide bonds. The maximum absolute atomic E-state index is 13.0. The van der Waals surface area contributed by atoms with Crippen LogP contribution >= 0.6 is 11.3 Å². The predicted molar refractivity (Wildman–Crippen MR) is 105 cm³/mol. The van der Waals surface area contributed by atoms with Crippen molar-refractivity contribution in [3.8, 4) is 11.3 Å². The van der Waals surface area contributed by atoms with E-state index < -0.39 is 0 Å². The number of imidazole rings is 1. The average molecular weight is 379 g/mol. The van der Waals surface area contributed by atoms with Crippen molar-refractivity contribution >= 4 is 22.2 Å². The summed E-state index contributed by atoms with van der Waals surface area (Å²) in [6, 6.07) is 16.0. The van der Waals surface area contributed by atoms with Crippen LogP contribution in [0.1, 0.15) is 24.2 Å². The van der Waals surface area contributed by atoms with E-state index in [-0.39, 0.29) is 24.2 Å². The second-order valence-corrected chi connectivity index (χ2v) is 7.23. The van der Waals surface area contributed by atoms with E-state index in [1.807, 2.05) is 53.2 Å². The highest BCUT2D eigenvalue weighted by Gasteiger charge is 2.14. The topological polar surface area (TPSA) is 46.4 Å². The van der Waals surface area contributed by atoms with Crippen molar-refractivity contribution in [1.29, 1.82) is 0 Å². The van der Waals surface area contributed by atoms with Gasteiger partial charge in [-0.2, -0.15) is 0 Å². The number of thiazole rings is 1. The molecule has 1 N–H and O–H groups in total. The highest BCUT2D eigenvalue weighted by Crippen LogP contribution is 2.24. The maximum atomic E-state index is 13.0. The van der Waals surface area contributed by atoms with Gasteiger partial charge >= 0.3 is 0 Å². The summed E-state index contributed by atoms with van der Waals surface area (Å²) < 4.78 is 15.0. The minimum atomic E-state index is -0.285. The first-order valence-electron chi connectivity index (χ1n) is 8.66. The van der Waals surface area contributed by atoms with E-state index in [2.05, 4.69) is 10.3 Å². The number of amides is 1. The average Bonchev–Trinajstić information content (AvgIpc) is 3.25. The molecule has 0 aliphatic rings. The van der Waals surface area contributed by atoms with E-state index in [0.717, 1.165) is 27.5 Å². The Morgan fingerprint density at radius 3 is 2.67 bits per heavy atom. The lowest BCUT2D eigenvalue weighted by Crippen LogP contribution is -2.28. The molecule has 4 nitrogen and oxygen atoms in total. The van der Waals surface area contributed by atoms with Gasteiger partial charge in [-0.15, -0.1) is 11.3 Å². The summed E-state index contributed by atoms with van der Waals surface area (Å²) in [7, 11) is 0. The second kappa shape index (κ2) is 7.32. The van der Waals surface area contributed by atoms with Crippen molar-refractivity contribution in [2.24, 2.45) is 0 Å².